The molecule has 0 aliphatic rings. The van der Waals surface area contributed by atoms with E-state index in [-0.39, 0.29) is 0 Å². The predicted molar refractivity (Wildman–Crippen MR) is 67.6 cm³/mol. The first-order valence-electron chi connectivity index (χ1n) is 5.65. The Morgan fingerprint density at radius 1 is 1.07 bits per heavy atom. The molecule has 0 bridgehead atoms. The average molecular weight is 206 g/mol. The highest BCUT2D eigenvalue weighted by Gasteiger charge is 1.96. The number of unbranched alkanes of at least 4 members (excludes halogenated alkanes) is 1. The molecule has 0 aromatic heterocycles. The molecule has 1 rings (SSSR count). The van der Waals surface area contributed by atoms with Gasteiger partial charge in [0.15, 0.2) is 0 Å². The highest BCUT2D eigenvalue weighted by atomic mass is 15.1. The summed E-state index contributed by atoms with van der Waals surface area (Å²) in [6.45, 7) is 1.12. The van der Waals surface area contributed by atoms with Gasteiger partial charge in [0, 0.05) is 19.8 Å². The summed E-state index contributed by atoms with van der Waals surface area (Å²) >= 11 is 0. The molecule has 0 unspecified atom stereocenters. The fourth-order valence-electron chi connectivity index (χ4n) is 1.59. The Bertz CT molecular complexity index is 264. The molecule has 2 heteroatoms. The van der Waals surface area contributed by atoms with E-state index in [1.807, 2.05) is 7.05 Å². The lowest BCUT2D eigenvalue weighted by molar-refractivity contribution is 0.677. The number of nitrogens with one attached hydrogen (secondary N) is 1. The molecule has 84 valence electrons. The van der Waals surface area contributed by atoms with Gasteiger partial charge in [-0.3, -0.25) is 0 Å². The highest BCUT2D eigenvalue weighted by molar-refractivity contribution is 5.45. The summed E-state index contributed by atoms with van der Waals surface area (Å²) in [5.74, 6) is 0. The van der Waals surface area contributed by atoms with Gasteiger partial charge >= 0.3 is 0 Å². The molecular weight excluding hydrogens is 184 g/mol. The van der Waals surface area contributed by atoms with Crippen molar-refractivity contribution in [3.05, 3.63) is 29.8 Å². The second-order valence-corrected chi connectivity index (χ2v) is 4.12. The number of rotatable bonds is 6. The van der Waals surface area contributed by atoms with Crippen molar-refractivity contribution in [2.24, 2.45) is 0 Å². The summed E-state index contributed by atoms with van der Waals surface area (Å²) in [6.07, 6.45) is 3.71. The van der Waals surface area contributed by atoms with Crippen molar-refractivity contribution in [2.75, 3.05) is 32.6 Å². The highest BCUT2D eigenvalue weighted by Crippen LogP contribution is 2.13. The van der Waals surface area contributed by atoms with Crippen molar-refractivity contribution in [3.8, 4) is 0 Å². The normalized spacial score (nSPS) is 10.3. The number of nitrogens with zero attached hydrogens (tertiary/aromatic N) is 1. The van der Waals surface area contributed by atoms with Gasteiger partial charge in [-0.1, -0.05) is 12.1 Å². The van der Waals surface area contributed by atoms with Crippen molar-refractivity contribution in [1.82, 2.24) is 5.32 Å². The molecule has 0 amide bonds. The molecule has 1 N–H and O–H groups in total. The van der Waals surface area contributed by atoms with Crippen LogP contribution in [-0.2, 0) is 6.42 Å². The van der Waals surface area contributed by atoms with E-state index in [4.69, 9.17) is 0 Å². The minimum atomic E-state index is 1.12. The van der Waals surface area contributed by atoms with E-state index in [1.54, 1.807) is 0 Å². The summed E-state index contributed by atoms with van der Waals surface area (Å²) in [4.78, 5) is 2.13. The molecule has 0 saturated heterocycles. The first kappa shape index (κ1) is 12.1. The molecule has 0 heterocycles. The molecule has 15 heavy (non-hydrogen) atoms. The van der Waals surface area contributed by atoms with Gasteiger partial charge in [-0.05, 0) is 50.6 Å². The van der Waals surface area contributed by atoms with Crippen LogP contribution in [0.5, 0.6) is 0 Å². The number of anilines is 1. The van der Waals surface area contributed by atoms with E-state index in [2.05, 4.69) is 48.6 Å². The summed E-state index contributed by atoms with van der Waals surface area (Å²) < 4.78 is 0. The van der Waals surface area contributed by atoms with Crippen LogP contribution in [0.1, 0.15) is 18.4 Å². The molecule has 0 aliphatic heterocycles. The van der Waals surface area contributed by atoms with E-state index in [0.717, 1.165) is 6.54 Å². The zero-order valence-electron chi connectivity index (χ0n) is 10.1. The van der Waals surface area contributed by atoms with Crippen LogP contribution in [0.15, 0.2) is 24.3 Å². The van der Waals surface area contributed by atoms with Crippen molar-refractivity contribution >= 4 is 5.69 Å². The summed E-state index contributed by atoms with van der Waals surface area (Å²) in [5, 5.41) is 3.17. The van der Waals surface area contributed by atoms with Crippen LogP contribution < -0.4 is 10.2 Å². The molecule has 0 atom stereocenters. The number of hydrogen-bond donors (Lipinski definition) is 1. The third kappa shape index (κ3) is 4.34. The van der Waals surface area contributed by atoms with Gasteiger partial charge in [-0.15, -0.1) is 0 Å². The zero-order valence-corrected chi connectivity index (χ0v) is 10.1. The Balaban J connectivity index is 2.36. The molecule has 2 nitrogen and oxygen atoms in total. The molecule has 0 fully saturated rings. The molecule has 0 aliphatic carbocycles. The number of hydrogen-bond acceptors (Lipinski definition) is 2. The molecule has 0 radical (unpaired) electrons. The molecule has 0 saturated carbocycles. The molecular formula is C13H22N2. The Kier molecular flexibility index (Phi) is 5.19. The average Bonchev–Trinajstić information content (AvgIpc) is 2.25. The van der Waals surface area contributed by atoms with E-state index in [9.17, 15) is 0 Å². The first-order chi connectivity index (χ1) is 7.24. The van der Waals surface area contributed by atoms with Crippen LogP contribution in [0, 0.1) is 0 Å². The Morgan fingerprint density at radius 3 is 2.27 bits per heavy atom. The third-order valence-corrected chi connectivity index (χ3v) is 2.59. The summed E-state index contributed by atoms with van der Waals surface area (Å²) in [5.41, 5.74) is 2.71. The molecule has 1 aromatic rings. The van der Waals surface area contributed by atoms with Crippen LogP contribution >= 0.6 is 0 Å². The maximum atomic E-state index is 3.17. The van der Waals surface area contributed by atoms with Gasteiger partial charge in [0.05, 0.1) is 0 Å². The van der Waals surface area contributed by atoms with Crippen molar-refractivity contribution in [2.45, 2.75) is 19.3 Å². The lowest BCUT2D eigenvalue weighted by atomic mass is 10.1. The third-order valence-electron chi connectivity index (χ3n) is 2.59. The van der Waals surface area contributed by atoms with Crippen LogP contribution in [0.4, 0.5) is 5.69 Å². The van der Waals surface area contributed by atoms with Gasteiger partial charge in [-0.2, -0.15) is 0 Å². The van der Waals surface area contributed by atoms with Gasteiger partial charge in [0.25, 0.3) is 0 Å². The van der Waals surface area contributed by atoms with Gasteiger partial charge < -0.3 is 10.2 Å². The van der Waals surface area contributed by atoms with Gasteiger partial charge in [0.2, 0.25) is 0 Å². The minimum absolute atomic E-state index is 1.12. The van der Waals surface area contributed by atoms with Crippen molar-refractivity contribution in [1.29, 1.82) is 0 Å². The second-order valence-electron chi connectivity index (χ2n) is 4.12. The minimum Gasteiger partial charge on any atom is -0.378 e. The largest absolute Gasteiger partial charge is 0.378 e. The quantitative estimate of drug-likeness (QED) is 0.718. The summed E-state index contributed by atoms with van der Waals surface area (Å²) in [7, 11) is 6.15. The first-order valence-corrected chi connectivity index (χ1v) is 5.65. The van der Waals surface area contributed by atoms with Crippen LogP contribution in [-0.4, -0.2) is 27.7 Å². The fourth-order valence-corrected chi connectivity index (χ4v) is 1.59. The van der Waals surface area contributed by atoms with E-state index in [0.29, 0.717) is 0 Å². The molecule has 1 aromatic carbocycles. The Morgan fingerprint density at radius 2 is 1.73 bits per heavy atom. The van der Waals surface area contributed by atoms with Gasteiger partial charge in [-0.25, -0.2) is 0 Å². The van der Waals surface area contributed by atoms with Crippen molar-refractivity contribution < 1.29 is 0 Å². The van der Waals surface area contributed by atoms with E-state index in [1.165, 1.54) is 30.5 Å². The maximum Gasteiger partial charge on any atom is 0.0361 e. The SMILES string of the molecule is CNCCCCc1ccc(N(C)C)cc1. The standard InChI is InChI=1S/C13H22N2/c1-14-11-5-4-6-12-7-9-13(10-8-12)15(2)3/h7-10,14H,4-6,11H2,1-3H3. The number of aryl methyl sites for hydroxylation is 1. The number of benzene rings is 1. The topological polar surface area (TPSA) is 15.3 Å². The second kappa shape index (κ2) is 6.46. The monoisotopic (exact) mass is 206 g/mol. The van der Waals surface area contributed by atoms with Crippen LogP contribution in [0.3, 0.4) is 0 Å². The lowest BCUT2D eigenvalue weighted by Gasteiger charge is -2.12. The molecule has 0 spiro atoms. The lowest BCUT2D eigenvalue weighted by Crippen LogP contribution is -2.08. The van der Waals surface area contributed by atoms with Crippen LogP contribution in [0.2, 0.25) is 0 Å². The Hall–Kier alpha value is -1.02. The summed E-state index contributed by atoms with van der Waals surface area (Å²) in [6, 6.07) is 8.84. The van der Waals surface area contributed by atoms with E-state index < -0.39 is 0 Å². The predicted octanol–water partition coefficient (Wildman–Crippen LogP) is 2.29. The van der Waals surface area contributed by atoms with Crippen LogP contribution in [0.25, 0.3) is 0 Å². The van der Waals surface area contributed by atoms with E-state index >= 15 is 0 Å². The zero-order chi connectivity index (χ0) is 11.1. The Labute approximate surface area is 93.3 Å². The smallest absolute Gasteiger partial charge is 0.0361 e. The van der Waals surface area contributed by atoms with Gasteiger partial charge in [0.1, 0.15) is 0 Å². The maximum absolute atomic E-state index is 3.17. The van der Waals surface area contributed by atoms with Crippen molar-refractivity contribution in [3.63, 3.8) is 0 Å². The fraction of sp³-hybridized carbons (Fsp3) is 0.538.